The van der Waals surface area contributed by atoms with E-state index in [0.717, 1.165) is 5.82 Å². The van der Waals surface area contributed by atoms with Gasteiger partial charge in [0.15, 0.2) is 16.2 Å². The minimum atomic E-state index is -0.0897. The van der Waals surface area contributed by atoms with Gasteiger partial charge in [-0.3, -0.25) is 4.79 Å². The summed E-state index contributed by atoms with van der Waals surface area (Å²) in [6, 6.07) is 7.10. The first kappa shape index (κ1) is 15.8. The van der Waals surface area contributed by atoms with Crippen molar-refractivity contribution < 1.29 is 13.9 Å². The lowest BCUT2D eigenvalue weighted by Gasteiger charge is -2.34. The molecular formula is C15H17BrN4O3. The van der Waals surface area contributed by atoms with E-state index < -0.39 is 0 Å². The Balaban J connectivity index is 1.58. The van der Waals surface area contributed by atoms with Gasteiger partial charge in [-0.25, -0.2) is 0 Å². The van der Waals surface area contributed by atoms with E-state index in [4.69, 9.17) is 9.15 Å². The number of ether oxygens (including phenoxy) is 1. The molecule has 1 amide bonds. The van der Waals surface area contributed by atoms with Crippen LogP contribution in [0.3, 0.4) is 0 Å². The zero-order valence-corrected chi connectivity index (χ0v) is 14.3. The molecule has 0 aliphatic carbocycles. The first-order valence-electron chi connectivity index (χ1n) is 7.43. The van der Waals surface area contributed by atoms with Gasteiger partial charge >= 0.3 is 0 Å². The molecular weight excluding hydrogens is 364 g/mol. The van der Waals surface area contributed by atoms with Crippen LogP contribution in [-0.4, -0.2) is 53.8 Å². The van der Waals surface area contributed by atoms with Crippen molar-refractivity contribution in [3.63, 3.8) is 0 Å². The maximum Gasteiger partial charge on any atom is 0.289 e. The van der Waals surface area contributed by atoms with Crippen LogP contribution in [0.1, 0.15) is 17.5 Å². The van der Waals surface area contributed by atoms with Crippen molar-refractivity contribution >= 4 is 27.7 Å². The maximum absolute atomic E-state index is 12.3. The summed E-state index contributed by atoms with van der Waals surface area (Å²) < 4.78 is 11.2. The van der Waals surface area contributed by atoms with E-state index in [0.29, 0.717) is 49.1 Å². The molecule has 1 saturated heterocycles. The van der Waals surface area contributed by atoms with Crippen molar-refractivity contribution in [2.45, 2.75) is 6.92 Å². The molecule has 0 spiro atoms. The van der Waals surface area contributed by atoms with Gasteiger partial charge in [-0.1, -0.05) is 0 Å². The maximum atomic E-state index is 12.3. The summed E-state index contributed by atoms with van der Waals surface area (Å²) >= 11 is 3.21. The quantitative estimate of drug-likeness (QED) is 0.809. The van der Waals surface area contributed by atoms with Crippen LogP contribution < -0.4 is 9.64 Å². The molecule has 0 bridgehead atoms. The van der Waals surface area contributed by atoms with Gasteiger partial charge in [0.05, 0.1) is 6.61 Å². The molecule has 122 valence electrons. The van der Waals surface area contributed by atoms with E-state index in [1.165, 1.54) is 0 Å². The van der Waals surface area contributed by atoms with Gasteiger partial charge in [-0.2, -0.15) is 0 Å². The smallest absolute Gasteiger partial charge is 0.289 e. The van der Waals surface area contributed by atoms with Crippen molar-refractivity contribution in [3.8, 4) is 5.88 Å². The second-order valence-corrected chi connectivity index (χ2v) is 5.83. The molecule has 3 heterocycles. The first-order chi connectivity index (χ1) is 11.2. The fourth-order valence-corrected chi connectivity index (χ4v) is 2.74. The lowest BCUT2D eigenvalue weighted by atomic mass is 10.3. The lowest BCUT2D eigenvalue weighted by molar-refractivity contribution is 0.0713. The van der Waals surface area contributed by atoms with E-state index in [9.17, 15) is 4.79 Å². The Hall–Kier alpha value is -2.09. The van der Waals surface area contributed by atoms with Gasteiger partial charge in [0.1, 0.15) is 0 Å². The first-order valence-corrected chi connectivity index (χ1v) is 8.22. The third-order valence-corrected chi connectivity index (χ3v) is 4.02. The molecule has 3 rings (SSSR count). The summed E-state index contributed by atoms with van der Waals surface area (Å²) in [6.07, 6.45) is 0. The molecule has 2 aromatic rings. The molecule has 0 unspecified atom stereocenters. The van der Waals surface area contributed by atoms with Crippen molar-refractivity contribution in [2.24, 2.45) is 0 Å². The third kappa shape index (κ3) is 3.64. The molecule has 23 heavy (non-hydrogen) atoms. The predicted octanol–water partition coefficient (Wildman–Crippen LogP) is 2.19. The summed E-state index contributed by atoms with van der Waals surface area (Å²) in [5.74, 6) is 1.58. The van der Waals surface area contributed by atoms with Gasteiger partial charge in [0, 0.05) is 32.2 Å². The monoisotopic (exact) mass is 380 g/mol. The zero-order chi connectivity index (χ0) is 16.2. The third-order valence-electron chi connectivity index (χ3n) is 3.59. The number of anilines is 1. The molecule has 0 atom stereocenters. The van der Waals surface area contributed by atoms with Crippen molar-refractivity contribution in [3.05, 3.63) is 34.7 Å². The molecule has 0 radical (unpaired) electrons. The molecule has 1 aliphatic rings. The SMILES string of the molecule is CCOc1ccc(N2CCN(C(=O)c3ccc(Br)o3)CC2)nn1. The molecule has 2 aromatic heterocycles. The Labute approximate surface area is 142 Å². The number of halogens is 1. The number of hydrogen-bond acceptors (Lipinski definition) is 6. The largest absolute Gasteiger partial charge is 0.477 e. The summed E-state index contributed by atoms with van der Waals surface area (Å²) in [4.78, 5) is 16.2. The van der Waals surface area contributed by atoms with Gasteiger partial charge in [0.2, 0.25) is 5.88 Å². The second kappa shape index (κ2) is 6.99. The van der Waals surface area contributed by atoms with Crippen LogP contribution >= 0.6 is 15.9 Å². The fourth-order valence-electron chi connectivity index (χ4n) is 2.43. The van der Waals surface area contributed by atoms with Crippen molar-refractivity contribution in [1.82, 2.24) is 15.1 Å². The molecule has 7 nitrogen and oxygen atoms in total. The minimum absolute atomic E-state index is 0.0897. The van der Waals surface area contributed by atoms with E-state index >= 15 is 0 Å². The number of carbonyl (C=O) groups excluding carboxylic acids is 1. The predicted molar refractivity (Wildman–Crippen MR) is 87.7 cm³/mol. The Kier molecular flexibility index (Phi) is 4.80. The minimum Gasteiger partial charge on any atom is -0.477 e. The molecule has 1 aliphatic heterocycles. The molecule has 0 aromatic carbocycles. The summed E-state index contributed by atoms with van der Waals surface area (Å²) in [5.41, 5.74) is 0. The van der Waals surface area contributed by atoms with Crippen LogP contribution in [-0.2, 0) is 0 Å². The van der Waals surface area contributed by atoms with Crippen LogP contribution in [0.15, 0.2) is 33.4 Å². The zero-order valence-electron chi connectivity index (χ0n) is 12.7. The van der Waals surface area contributed by atoms with Gasteiger partial charge in [0.25, 0.3) is 5.91 Å². The van der Waals surface area contributed by atoms with Crippen molar-refractivity contribution in [1.29, 1.82) is 0 Å². The van der Waals surface area contributed by atoms with Gasteiger partial charge in [-0.05, 0) is 41.1 Å². The number of amides is 1. The summed E-state index contributed by atoms with van der Waals surface area (Å²) in [6.45, 7) is 5.12. The highest BCUT2D eigenvalue weighted by molar-refractivity contribution is 9.10. The number of piperazine rings is 1. The Bertz CT molecular complexity index is 666. The van der Waals surface area contributed by atoms with E-state index in [-0.39, 0.29) is 5.91 Å². The van der Waals surface area contributed by atoms with Gasteiger partial charge < -0.3 is 19.0 Å². The highest BCUT2D eigenvalue weighted by Crippen LogP contribution is 2.19. The van der Waals surface area contributed by atoms with Gasteiger partial charge in [-0.15, -0.1) is 10.2 Å². The Morgan fingerprint density at radius 2 is 2.00 bits per heavy atom. The number of carbonyl (C=O) groups is 1. The van der Waals surface area contributed by atoms with E-state index in [1.807, 2.05) is 19.1 Å². The standard InChI is InChI=1S/C15H17BrN4O3/c1-2-22-14-6-5-13(17-18-14)19-7-9-20(10-8-19)15(21)11-3-4-12(16)23-11/h3-6H,2,7-10H2,1H3. The fraction of sp³-hybridized carbons (Fsp3) is 0.400. The Morgan fingerprint density at radius 1 is 1.22 bits per heavy atom. The number of hydrogen-bond donors (Lipinski definition) is 0. The highest BCUT2D eigenvalue weighted by atomic mass is 79.9. The van der Waals surface area contributed by atoms with Crippen molar-refractivity contribution in [2.75, 3.05) is 37.7 Å². The number of rotatable bonds is 4. The summed E-state index contributed by atoms with van der Waals surface area (Å²) in [5, 5.41) is 8.21. The molecule has 0 N–H and O–H groups in total. The van der Waals surface area contributed by atoms with E-state index in [2.05, 4.69) is 31.0 Å². The average molecular weight is 381 g/mol. The molecule has 1 fully saturated rings. The van der Waals surface area contributed by atoms with Crippen LogP contribution in [0.2, 0.25) is 0 Å². The number of furan rings is 1. The van der Waals surface area contributed by atoms with E-state index in [1.54, 1.807) is 17.0 Å². The lowest BCUT2D eigenvalue weighted by Crippen LogP contribution is -2.49. The number of nitrogens with zero attached hydrogens (tertiary/aromatic N) is 4. The van der Waals surface area contributed by atoms with Crippen LogP contribution in [0.25, 0.3) is 0 Å². The van der Waals surface area contributed by atoms with Crippen LogP contribution in [0.4, 0.5) is 5.82 Å². The van der Waals surface area contributed by atoms with Crippen LogP contribution in [0, 0.1) is 0 Å². The summed E-state index contributed by atoms with van der Waals surface area (Å²) in [7, 11) is 0. The average Bonchev–Trinajstić information content (AvgIpc) is 3.02. The second-order valence-electron chi connectivity index (χ2n) is 5.05. The molecule has 0 saturated carbocycles. The molecule has 8 heteroatoms. The normalized spacial score (nSPS) is 14.9. The Morgan fingerprint density at radius 3 is 2.57 bits per heavy atom. The number of aromatic nitrogens is 2. The highest BCUT2D eigenvalue weighted by Gasteiger charge is 2.24. The van der Waals surface area contributed by atoms with Crippen LogP contribution in [0.5, 0.6) is 5.88 Å². The topological polar surface area (TPSA) is 71.7 Å².